The number of nitrogens with zero attached hydrogens (tertiary/aromatic N) is 1. The van der Waals surface area contributed by atoms with E-state index in [4.69, 9.17) is 5.73 Å². The van der Waals surface area contributed by atoms with Gasteiger partial charge in [0.05, 0.1) is 5.41 Å². The molecular weight excluding hydrogens is 194 g/mol. The summed E-state index contributed by atoms with van der Waals surface area (Å²) in [7, 11) is 0. The summed E-state index contributed by atoms with van der Waals surface area (Å²) in [5.41, 5.74) is 6.07. The lowest BCUT2D eigenvalue weighted by Gasteiger charge is -2.16. The third-order valence-corrected chi connectivity index (χ3v) is 4.33. The Morgan fingerprint density at radius 3 is 2.73 bits per heavy atom. The molecule has 82 valence electrons. The zero-order valence-corrected chi connectivity index (χ0v) is 8.58. The van der Waals surface area contributed by atoms with Gasteiger partial charge < -0.3 is 5.73 Å². The first kappa shape index (κ1) is 9.15. The number of aromatic nitrogens is 2. The van der Waals surface area contributed by atoms with Gasteiger partial charge in [0.1, 0.15) is 0 Å². The van der Waals surface area contributed by atoms with Gasteiger partial charge in [-0.05, 0) is 24.7 Å². The van der Waals surface area contributed by atoms with Gasteiger partial charge in [-0.2, -0.15) is 0 Å². The van der Waals surface area contributed by atoms with E-state index >= 15 is 0 Å². The normalized spacial score (nSPS) is 32.3. The minimum atomic E-state index is -0.474. The predicted molar refractivity (Wildman–Crippen MR) is 53.4 cm³/mol. The number of hydrogen-bond donors (Lipinski definition) is 2. The fourth-order valence-electron chi connectivity index (χ4n) is 3.40. The van der Waals surface area contributed by atoms with Crippen molar-refractivity contribution in [2.75, 3.05) is 6.54 Å². The summed E-state index contributed by atoms with van der Waals surface area (Å²) in [4.78, 5) is 13.6. The van der Waals surface area contributed by atoms with E-state index in [1.165, 1.54) is 25.7 Å². The number of nitrogens with one attached hydrogen (secondary N) is 1. The van der Waals surface area contributed by atoms with Gasteiger partial charge in [-0.3, -0.25) is 9.51 Å². The van der Waals surface area contributed by atoms with Crippen LogP contribution in [0.2, 0.25) is 0 Å². The second-order valence-corrected chi connectivity index (χ2v) is 4.89. The van der Waals surface area contributed by atoms with Crippen LogP contribution in [0, 0.1) is 5.41 Å². The van der Waals surface area contributed by atoms with E-state index in [1.54, 1.807) is 0 Å². The van der Waals surface area contributed by atoms with Crippen molar-refractivity contribution >= 4 is 0 Å². The molecule has 2 saturated carbocycles. The van der Waals surface area contributed by atoms with Gasteiger partial charge in [-0.25, -0.2) is 4.79 Å². The van der Waals surface area contributed by atoms with Crippen molar-refractivity contribution in [3.05, 3.63) is 16.4 Å². The van der Waals surface area contributed by atoms with E-state index < -0.39 is 5.76 Å². The van der Waals surface area contributed by atoms with Gasteiger partial charge >= 0.3 is 5.76 Å². The first-order valence-electron chi connectivity index (χ1n) is 5.49. The number of H-pyrrole nitrogens is 1. The second kappa shape index (κ2) is 2.72. The van der Waals surface area contributed by atoms with Crippen molar-refractivity contribution in [2.24, 2.45) is 11.1 Å². The highest BCUT2D eigenvalue weighted by molar-refractivity contribution is 5.30. The van der Waals surface area contributed by atoms with Gasteiger partial charge in [-0.1, -0.05) is 18.0 Å². The maximum Gasteiger partial charge on any atom is 0.438 e. The monoisotopic (exact) mass is 209 g/mol. The quantitative estimate of drug-likeness (QED) is 0.743. The predicted octanol–water partition coefficient (Wildman–Crippen LogP) is 0.523. The third kappa shape index (κ3) is 1.01. The molecule has 2 fully saturated rings. The lowest BCUT2D eigenvalue weighted by Crippen LogP contribution is -2.28. The first-order valence-corrected chi connectivity index (χ1v) is 5.49. The third-order valence-electron chi connectivity index (χ3n) is 4.33. The van der Waals surface area contributed by atoms with Crippen molar-refractivity contribution in [1.82, 2.24) is 10.1 Å². The van der Waals surface area contributed by atoms with Crippen LogP contribution in [0.25, 0.3) is 0 Å². The Hall–Kier alpha value is -1.10. The summed E-state index contributed by atoms with van der Waals surface area (Å²) in [6.07, 6.45) is 6.00. The molecule has 15 heavy (non-hydrogen) atoms. The smallest absolute Gasteiger partial charge is 0.329 e. The molecule has 5 heteroatoms. The standard InChI is InChI=1S/C10H15N3O2/c11-6-10(7-12-8(14)15-13-7)5-9(10)3-1-2-4-9/h1-6,11H2,(H,12,13,14). The molecule has 1 atom stereocenters. The van der Waals surface area contributed by atoms with Crippen LogP contribution < -0.4 is 11.5 Å². The fraction of sp³-hybridized carbons (Fsp3) is 0.800. The maximum atomic E-state index is 11.0. The molecule has 1 unspecified atom stereocenters. The van der Waals surface area contributed by atoms with Crippen LogP contribution in [0.1, 0.15) is 37.9 Å². The van der Waals surface area contributed by atoms with E-state index in [2.05, 4.69) is 14.7 Å². The minimum Gasteiger partial charge on any atom is -0.329 e. The largest absolute Gasteiger partial charge is 0.438 e. The van der Waals surface area contributed by atoms with Gasteiger partial charge in [0.2, 0.25) is 0 Å². The molecule has 1 aromatic rings. The van der Waals surface area contributed by atoms with Crippen molar-refractivity contribution in [3.63, 3.8) is 0 Å². The van der Waals surface area contributed by atoms with E-state index in [1.807, 2.05) is 0 Å². The van der Waals surface area contributed by atoms with Crippen molar-refractivity contribution in [1.29, 1.82) is 0 Å². The summed E-state index contributed by atoms with van der Waals surface area (Å²) in [6, 6.07) is 0. The molecule has 0 aliphatic heterocycles. The molecule has 0 aromatic carbocycles. The Bertz CT molecular complexity index is 430. The molecule has 3 rings (SSSR count). The van der Waals surface area contributed by atoms with E-state index in [-0.39, 0.29) is 5.41 Å². The SMILES string of the molecule is NCC1(c2noc(=O)[nH]2)CC12CCCC2. The average molecular weight is 209 g/mol. The number of rotatable bonds is 2. The molecule has 0 amide bonds. The second-order valence-electron chi connectivity index (χ2n) is 4.89. The highest BCUT2D eigenvalue weighted by atomic mass is 16.5. The molecule has 1 aromatic heterocycles. The van der Waals surface area contributed by atoms with Crippen LogP contribution in [0.3, 0.4) is 0 Å². The van der Waals surface area contributed by atoms with Gasteiger partial charge in [0.15, 0.2) is 5.82 Å². The highest BCUT2D eigenvalue weighted by Gasteiger charge is 2.69. The molecular formula is C10H15N3O2. The molecule has 1 spiro atoms. The Kier molecular flexibility index (Phi) is 1.66. The van der Waals surface area contributed by atoms with Crippen LogP contribution in [0.5, 0.6) is 0 Å². The molecule has 3 N–H and O–H groups in total. The van der Waals surface area contributed by atoms with Crippen molar-refractivity contribution < 1.29 is 4.52 Å². The van der Waals surface area contributed by atoms with Gasteiger partial charge in [-0.15, -0.1) is 0 Å². The summed E-state index contributed by atoms with van der Waals surface area (Å²) >= 11 is 0. The van der Waals surface area contributed by atoms with Crippen molar-refractivity contribution in [2.45, 2.75) is 37.5 Å². The van der Waals surface area contributed by atoms with E-state index in [0.29, 0.717) is 17.8 Å². The van der Waals surface area contributed by atoms with E-state index in [9.17, 15) is 4.79 Å². The topological polar surface area (TPSA) is 84.9 Å². The van der Waals surface area contributed by atoms with Crippen LogP contribution in [-0.4, -0.2) is 16.7 Å². The number of aromatic amines is 1. The van der Waals surface area contributed by atoms with Crippen LogP contribution in [0.15, 0.2) is 9.32 Å². The van der Waals surface area contributed by atoms with Crippen molar-refractivity contribution in [3.8, 4) is 0 Å². The number of nitrogens with two attached hydrogens (primary N) is 1. The Morgan fingerprint density at radius 2 is 2.20 bits per heavy atom. The van der Waals surface area contributed by atoms with E-state index in [0.717, 1.165) is 6.42 Å². The Labute approximate surface area is 87.0 Å². The van der Waals surface area contributed by atoms with Crippen LogP contribution in [0.4, 0.5) is 0 Å². The van der Waals surface area contributed by atoms with Gasteiger partial charge in [0, 0.05) is 6.54 Å². The highest BCUT2D eigenvalue weighted by Crippen LogP contribution is 2.70. The summed E-state index contributed by atoms with van der Waals surface area (Å²) < 4.78 is 4.58. The molecule has 5 nitrogen and oxygen atoms in total. The maximum absolute atomic E-state index is 11.0. The zero-order chi connectivity index (χ0) is 10.5. The fourth-order valence-corrected chi connectivity index (χ4v) is 3.40. The molecule has 0 bridgehead atoms. The summed E-state index contributed by atoms with van der Waals surface area (Å²) in [6.45, 7) is 0.551. The molecule has 2 aliphatic carbocycles. The molecule has 0 saturated heterocycles. The molecule has 2 aliphatic rings. The minimum absolute atomic E-state index is 0.102. The summed E-state index contributed by atoms with van der Waals surface area (Å²) in [5.74, 6) is 0.190. The lowest BCUT2D eigenvalue weighted by molar-refractivity contribution is 0.359. The number of hydrogen-bond acceptors (Lipinski definition) is 4. The average Bonchev–Trinajstić information content (AvgIpc) is 2.60. The zero-order valence-electron chi connectivity index (χ0n) is 8.58. The van der Waals surface area contributed by atoms with Crippen LogP contribution >= 0.6 is 0 Å². The molecule has 1 heterocycles. The van der Waals surface area contributed by atoms with Crippen LogP contribution in [-0.2, 0) is 5.41 Å². The molecule has 0 radical (unpaired) electrons. The lowest BCUT2D eigenvalue weighted by atomic mass is 9.90. The van der Waals surface area contributed by atoms with Gasteiger partial charge in [0.25, 0.3) is 0 Å². The Morgan fingerprint density at radius 1 is 1.47 bits per heavy atom. The Balaban J connectivity index is 1.99. The first-order chi connectivity index (χ1) is 7.22. The summed E-state index contributed by atoms with van der Waals surface area (Å²) in [5, 5.41) is 3.82.